The van der Waals surface area contributed by atoms with Crippen molar-refractivity contribution in [3.8, 4) is 39.9 Å². The van der Waals surface area contributed by atoms with Gasteiger partial charge in [0.2, 0.25) is 0 Å². The third-order valence-electron chi connectivity index (χ3n) is 5.23. The molecule has 4 heteroatoms. The van der Waals surface area contributed by atoms with E-state index >= 15 is 0 Å². The lowest BCUT2D eigenvalue weighted by Crippen LogP contribution is -2.03. The topological polar surface area (TPSA) is 43.6 Å². The molecule has 0 N–H and O–H groups in total. The Bertz CT molecular complexity index is 2870. The van der Waals surface area contributed by atoms with Crippen molar-refractivity contribution in [2.75, 3.05) is 0 Å². The van der Waals surface area contributed by atoms with E-state index < -0.39 is 195 Å². The second-order valence-corrected chi connectivity index (χ2v) is 7.31. The number of nitrogens with zero attached hydrogens (tertiary/aromatic N) is 4. The highest BCUT2D eigenvalue weighted by atomic mass is 15.0. The molecule has 0 aliphatic heterocycles. The molecule has 4 nitrogen and oxygen atoms in total. The largest absolute Gasteiger partial charge is 0.309 e. The molecule has 0 aliphatic rings. The fraction of sp³-hybridized carbons (Fsp3) is 0. The minimum absolute atomic E-state index is 0.452. The predicted molar refractivity (Wildman–Crippen MR) is 150 cm³/mol. The first-order chi connectivity index (χ1) is 27.5. The average molecular weight is 497 g/mol. The lowest BCUT2D eigenvalue weighted by molar-refractivity contribution is 1.06. The van der Waals surface area contributed by atoms with Crippen LogP contribution in [0.3, 0.4) is 0 Å². The second kappa shape index (κ2) is 8.85. The highest BCUT2D eigenvalue weighted by Crippen LogP contribution is 2.35. The van der Waals surface area contributed by atoms with Gasteiger partial charge in [-0.05, 0) is 24.2 Å². The van der Waals surface area contributed by atoms with Crippen molar-refractivity contribution in [3.05, 3.63) is 133 Å². The molecule has 5 aromatic carbocycles. The first-order valence-corrected chi connectivity index (χ1v) is 10.5. The molecule has 0 radical (unpaired) electrons. The number of fused-ring (bicyclic) bond motifs is 3. The van der Waals surface area contributed by atoms with E-state index in [0.717, 1.165) is 4.57 Å². The number of hydrogen-bond donors (Lipinski definition) is 0. The molecule has 7 rings (SSSR count). The normalized spacial score (nSPS) is 19.6. The minimum atomic E-state index is -0.970. The molecule has 2 aromatic heterocycles. The molecule has 0 fully saturated rings. The van der Waals surface area contributed by atoms with E-state index in [0.29, 0.717) is 0 Å². The Morgan fingerprint density at radius 3 is 1.43 bits per heavy atom. The summed E-state index contributed by atoms with van der Waals surface area (Å²) in [6, 6.07) is -18.9. The molecule has 0 saturated carbocycles. The number of hydrogen-bond acceptors (Lipinski definition) is 3. The summed E-state index contributed by atoms with van der Waals surface area (Å²) in [4.78, 5) is 12.8. The van der Waals surface area contributed by atoms with E-state index in [9.17, 15) is 1.37 Å². The molecular formula is C33H22N4. The summed E-state index contributed by atoms with van der Waals surface area (Å²) in [6.07, 6.45) is 0. The molecule has 37 heavy (non-hydrogen) atoms. The van der Waals surface area contributed by atoms with Crippen LogP contribution >= 0.6 is 0 Å². The van der Waals surface area contributed by atoms with Gasteiger partial charge >= 0.3 is 0 Å². The zero-order valence-electron chi connectivity index (χ0n) is 40.3. The molecule has 0 bridgehead atoms. The maximum absolute atomic E-state index is 9.19. The zero-order valence-corrected chi connectivity index (χ0v) is 18.3. The molecule has 0 spiro atoms. The molecule has 0 amide bonds. The van der Waals surface area contributed by atoms with Crippen LogP contribution in [0.15, 0.2) is 133 Å². The van der Waals surface area contributed by atoms with Crippen LogP contribution < -0.4 is 0 Å². The van der Waals surface area contributed by atoms with Crippen molar-refractivity contribution in [3.63, 3.8) is 0 Å². The van der Waals surface area contributed by atoms with Crippen molar-refractivity contribution >= 4 is 21.8 Å². The zero-order chi connectivity index (χ0) is 43.8. The Balaban J connectivity index is 1.79. The summed E-state index contributed by atoms with van der Waals surface area (Å²) in [5.74, 6) is -2.43. The van der Waals surface area contributed by atoms with Crippen molar-refractivity contribution in [2.24, 2.45) is 0 Å². The first kappa shape index (κ1) is 8.49. The number of rotatable bonds is 4. The average Bonchev–Trinajstić information content (AvgIpc) is 3.57. The SMILES string of the molecule is [2H]c1c([2H])c([2H])c(-c2nc(-c3c([2H])c([2H])c([2H])c([2H])c3[2H])nc(-c3c([2H])c([2H])c([2H])c([2H])c3-n3c4c([2H])c([2H])c([2H])c([2H])c4c4c([2H])c([2H])c([2H])c([2H])c43)n2)c([2H])c1[2H]. The Morgan fingerprint density at radius 2 is 0.865 bits per heavy atom. The van der Waals surface area contributed by atoms with Gasteiger partial charge in [-0.2, -0.15) is 0 Å². The monoisotopic (exact) mass is 496 g/mol. The van der Waals surface area contributed by atoms with Crippen LogP contribution in [0, 0.1) is 0 Å². The van der Waals surface area contributed by atoms with Crippen LogP contribution in [0.1, 0.15) is 30.2 Å². The van der Waals surface area contributed by atoms with E-state index in [4.69, 9.17) is 28.8 Å². The third-order valence-corrected chi connectivity index (χ3v) is 5.23. The summed E-state index contributed by atoms with van der Waals surface area (Å²) in [6.45, 7) is 0. The first-order valence-electron chi connectivity index (χ1n) is 21.5. The van der Waals surface area contributed by atoms with Gasteiger partial charge < -0.3 is 4.57 Å². The molecule has 0 atom stereocenters. The van der Waals surface area contributed by atoms with Crippen LogP contribution in [0.2, 0.25) is 0 Å². The molecule has 0 unspecified atom stereocenters. The van der Waals surface area contributed by atoms with Gasteiger partial charge in [-0.25, -0.2) is 15.0 Å². The summed E-state index contributed by atoms with van der Waals surface area (Å²) in [5.41, 5.74) is -4.04. The maximum atomic E-state index is 9.19. The molecule has 0 aliphatic carbocycles. The molecule has 0 saturated heterocycles. The quantitative estimate of drug-likeness (QED) is 0.248. The van der Waals surface area contributed by atoms with E-state index in [2.05, 4.69) is 15.0 Å². The lowest BCUT2D eigenvalue weighted by atomic mass is 10.1. The van der Waals surface area contributed by atoms with Crippen molar-refractivity contribution in [1.29, 1.82) is 0 Å². The van der Waals surface area contributed by atoms with Gasteiger partial charge in [0, 0.05) is 27.5 Å². The Labute approximate surface area is 245 Å². The molecular weight excluding hydrogens is 452 g/mol. The van der Waals surface area contributed by atoms with E-state index in [-0.39, 0.29) is 0 Å². The number of para-hydroxylation sites is 3. The highest BCUT2D eigenvalue weighted by Gasteiger charge is 2.18. The summed E-state index contributed by atoms with van der Waals surface area (Å²) in [7, 11) is 0. The van der Waals surface area contributed by atoms with Gasteiger partial charge in [0.15, 0.2) is 17.5 Å². The summed E-state index contributed by atoms with van der Waals surface area (Å²) < 4.78 is 189. The fourth-order valence-corrected chi connectivity index (χ4v) is 3.71. The number of benzene rings is 5. The predicted octanol–water partition coefficient (Wildman–Crippen LogP) is 7.97. The third kappa shape index (κ3) is 3.67. The van der Waals surface area contributed by atoms with Crippen LogP contribution in [-0.4, -0.2) is 19.5 Å². The Hall–Kier alpha value is -5.09. The Morgan fingerprint density at radius 1 is 0.432 bits per heavy atom. The van der Waals surface area contributed by atoms with Crippen molar-refractivity contribution < 1.29 is 30.2 Å². The standard InChI is InChI=1S/C33H22N4/c1-3-13-23(14-4-1)31-34-32(24-15-5-2-6-16-24)36-33(35-31)27-19-9-12-22-30(27)37-28-20-10-7-17-25(28)26-18-8-11-21-29(26)37/h1-22H/i1D,2D,3D,4D,5D,6D,7D,8D,9D,10D,11D,12D,13D,14D,15D,16D,17D,18D,19D,20D,21D,22D. The fourth-order valence-electron chi connectivity index (χ4n) is 3.71. The van der Waals surface area contributed by atoms with Gasteiger partial charge in [-0.1, -0.05) is 109 Å². The van der Waals surface area contributed by atoms with Crippen LogP contribution in [0.4, 0.5) is 0 Å². The van der Waals surface area contributed by atoms with E-state index in [1.807, 2.05) is 0 Å². The Kier molecular flexibility index (Phi) is 2.03. The summed E-state index contributed by atoms with van der Waals surface area (Å²) >= 11 is 0. The van der Waals surface area contributed by atoms with Crippen molar-refractivity contribution in [2.45, 2.75) is 0 Å². The maximum Gasteiger partial charge on any atom is 0.166 e. The molecule has 2 heterocycles. The van der Waals surface area contributed by atoms with Gasteiger partial charge in [0.25, 0.3) is 0 Å². The highest BCUT2D eigenvalue weighted by molar-refractivity contribution is 6.09. The van der Waals surface area contributed by atoms with Crippen LogP contribution in [-0.2, 0) is 0 Å². The number of aromatic nitrogens is 4. The molecule has 174 valence electrons. The van der Waals surface area contributed by atoms with Crippen LogP contribution in [0.5, 0.6) is 0 Å². The molecule has 7 aromatic rings. The van der Waals surface area contributed by atoms with Gasteiger partial charge in [0.05, 0.1) is 46.9 Å². The smallest absolute Gasteiger partial charge is 0.166 e. The summed E-state index contributed by atoms with van der Waals surface area (Å²) in [5, 5.41) is -0.904. The lowest BCUT2D eigenvalue weighted by Gasteiger charge is -2.14. The van der Waals surface area contributed by atoms with Crippen molar-refractivity contribution in [1.82, 2.24) is 19.5 Å². The van der Waals surface area contributed by atoms with Gasteiger partial charge in [-0.3, -0.25) is 0 Å². The van der Waals surface area contributed by atoms with Crippen LogP contribution in [0.25, 0.3) is 61.7 Å². The van der Waals surface area contributed by atoms with Gasteiger partial charge in [-0.15, -0.1) is 0 Å². The minimum Gasteiger partial charge on any atom is -0.309 e. The van der Waals surface area contributed by atoms with E-state index in [1.54, 1.807) is 0 Å². The van der Waals surface area contributed by atoms with E-state index in [1.165, 1.54) is 0 Å². The second-order valence-electron chi connectivity index (χ2n) is 7.31. The van der Waals surface area contributed by atoms with Gasteiger partial charge in [0.1, 0.15) is 0 Å².